The van der Waals surface area contributed by atoms with Crippen LogP contribution in [0.2, 0.25) is 0 Å². The third kappa shape index (κ3) is 3.27. The van der Waals surface area contributed by atoms with Gasteiger partial charge >= 0.3 is 0 Å². The highest BCUT2D eigenvalue weighted by molar-refractivity contribution is 6.05. The number of fused-ring (bicyclic) bond motifs is 1. The van der Waals surface area contributed by atoms with Gasteiger partial charge in [0.2, 0.25) is 11.8 Å². The SMILES string of the molecule is COC(OC)[C@@H]1CCN(c2ccc3c(c2)CN([C@H]2CCC(=O)NC2=O)C3=O)C1. The van der Waals surface area contributed by atoms with Crippen molar-refractivity contribution in [2.45, 2.75) is 38.1 Å². The van der Waals surface area contributed by atoms with Gasteiger partial charge in [0.1, 0.15) is 6.04 Å². The normalized spacial score (nSPS) is 24.9. The standard InChI is InChI=1S/C20H25N3O5/c1-27-20(28-2)12-7-8-22(10-12)14-3-4-15-13(9-14)11-23(19(15)26)16-5-6-17(24)21-18(16)25/h3-4,9,12,16,20H,5-8,10-11H2,1-2H3,(H,21,24,25)/t12-,16+/m1/s1. The minimum absolute atomic E-state index is 0.144. The second kappa shape index (κ2) is 7.52. The van der Waals surface area contributed by atoms with Gasteiger partial charge in [-0.1, -0.05) is 0 Å². The van der Waals surface area contributed by atoms with Gasteiger partial charge in [-0.2, -0.15) is 0 Å². The fourth-order valence-corrected chi connectivity index (χ4v) is 4.48. The number of carbonyl (C=O) groups excluding carboxylic acids is 3. The van der Waals surface area contributed by atoms with Crippen molar-refractivity contribution >= 4 is 23.4 Å². The molecule has 0 unspecified atom stereocenters. The van der Waals surface area contributed by atoms with E-state index in [0.29, 0.717) is 24.4 Å². The summed E-state index contributed by atoms with van der Waals surface area (Å²) in [5.74, 6) is -0.508. The number of rotatable bonds is 5. The van der Waals surface area contributed by atoms with Crippen LogP contribution in [0.15, 0.2) is 18.2 Å². The molecule has 2 fully saturated rings. The maximum Gasteiger partial charge on any atom is 0.255 e. The zero-order chi connectivity index (χ0) is 19.8. The van der Waals surface area contributed by atoms with E-state index in [0.717, 1.165) is 30.8 Å². The Morgan fingerprint density at radius 2 is 1.93 bits per heavy atom. The molecule has 2 atom stereocenters. The topological polar surface area (TPSA) is 88.2 Å². The van der Waals surface area contributed by atoms with Gasteiger partial charge in [0.05, 0.1) is 0 Å². The summed E-state index contributed by atoms with van der Waals surface area (Å²) in [7, 11) is 3.31. The summed E-state index contributed by atoms with van der Waals surface area (Å²) in [4.78, 5) is 40.2. The quantitative estimate of drug-likeness (QED) is 0.596. The van der Waals surface area contributed by atoms with Crippen LogP contribution in [0.5, 0.6) is 0 Å². The molecule has 0 bridgehead atoms. The van der Waals surface area contributed by atoms with Crippen molar-refractivity contribution in [1.82, 2.24) is 10.2 Å². The molecule has 1 N–H and O–H groups in total. The molecule has 0 aliphatic carbocycles. The molecule has 0 radical (unpaired) electrons. The highest BCUT2D eigenvalue weighted by atomic mass is 16.7. The molecular formula is C20H25N3O5. The van der Waals surface area contributed by atoms with Crippen LogP contribution < -0.4 is 10.2 Å². The molecule has 0 aromatic heterocycles. The fraction of sp³-hybridized carbons (Fsp3) is 0.550. The maximum atomic E-state index is 12.8. The lowest BCUT2D eigenvalue weighted by Gasteiger charge is -2.29. The Hall–Kier alpha value is -2.45. The summed E-state index contributed by atoms with van der Waals surface area (Å²) in [6, 6.07) is 5.26. The zero-order valence-corrected chi connectivity index (χ0v) is 16.1. The largest absolute Gasteiger partial charge is 0.371 e. The number of imide groups is 1. The Bertz CT molecular complexity index is 807. The number of hydrogen-bond donors (Lipinski definition) is 1. The molecule has 3 amide bonds. The summed E-state index contributed by atoms with van der Waals surface area (Å²) >= 11 is 0. The van der Waals surface area contributed by atoms with E-state index in [-0.39, 0.29) is 30.4 Å². The van der Waals surface area contributed by atoms with Crippen LogP contribution in [0.4, 0.5) is 5.69 Å². The van der Waals surface area contributed by atoms with Crippen molar-refractivity contribution in [2.24, 2.45) is 5.92 Å². The lowest BCUT2D eigenvalue weighted by Crippen LogP contribution is -2.52. The Balaban J connectivity index is 1.49. The van der Waals surface area contributed by atoms with Crippen molar-refractivity contribution in [3.05, 3.63) is 29.3 Å². The number of amides is 3. The summed E-state index contributed by atoms with van der Waals surface area (Å²) in [5.41, 5.74) is 2.62. The molecule has 1 aromatic carbocycles. The second-order valence-electron chi connectivity index (χ2n) is 7.58. The predicted octanol–water partition coefficient (Wildman–Crippen LogP) is 0.893. The first-order chi connectivity index (χ1) is 13.5. The lowest BCUT2D eigenvalue weighted by atomic mass is 10.0. The van der Waals surface area contributed by atoms with Crippen molar-refractivity contribution < 1.29 is 23.9 Å². The van der Waals surface area contributed by atoms with Crippen molar-refractivity contribution in [2.75, 3.05) is 32.2 Å². The Labute approximate surface area is 163 Å². The molecule has 4 rings (SSSR count). The first-order valence-electron chi connectivity index (χ1n) is 9.60. The monoisotopic (exact) mass is 387 g/mol. The van der Waals surface area contributed by atoms with Gasteiger partial charge in [-0.15, -0.1) is 0 Å². The Kier molecular flexibility index (Phi) is 5.07. The molecular weight excluding hydrogens is 362 g/mol. The number of piperidine rings is 1. The molecule has 3 heterocycles. The van der Waals surface area contributed by atoms with E-state index in [1.807, 2.05) is 18.2 Å². The van der Waals surface area contributed by atoms with E-state index in [9.17, 15) is 14.4 Å². The lowest BCUT2D eigenvalue weighted by molar-refractivity contribution is -0.136. The third-order valence-electron chi connectivity index (χ3n) is 5.95. The van der Waals surface area contributed by atoms with E-state index >= 15 is 0 Å². The number of nitrogens with one attached hydrogen (secondary N) is 1. The molecule has 3 aliphatic heterocycles. The van der Waals surface area contributed by atoms with Crippen molar-refractivity contribution in [1.29, 1.82) is 0 Å². The number of carbonyl (C=O) groups is 3. The minimum atomic E-state index is -0.582. The molecule has 1 aromatic rings. The average molecular weight is 387 g/mol. The van der Waals surface area contributed by atoms with Gasteiger partial charge in [0, 0.05) is 57.4 Å². The van der Waals surface area contributed by atoms with Gasteiger partial charge in [-0.05, 0) is 36.6 Å². The van der Waals surface area contributed by atoms with E-state index < -0.39 is 6.04 Å². The molecule has 0 spiro atoms. The zero-order valence-electron chi connectivity index (χ0n) is 16.1. The summed E-state index contributed by atoms with van der Waals surface area (Å²) in [6.07, 6.45) is 1.39. The first-order valence-corrected chi connectivity index (χ1v) is 9.60. The molecule has 28 heavy (non-hydrogen) atoms. The minimum Gasteiger partial charge on any atom is -0.371 e. The Morgan fingerprint density at radius 1 is 1.14 bits per heavy atom. The van der Waals surface area contributed by atoms with Crippen LogP contribution in [0.25, 0.3) is 0 Å². The summed E-state index contributed by atoms with van der Waals surface area (Å²) in [6.45, 7) is 2.12. The Morgan fingerprint density at radius 3 is 2.64 bits per heavy atom. The van der Waals surface area contributed by atoms with Crippen molar-refractivity contribution in [3.8, 4) is 0 Å². The smallest absolute Gasteiger partial charge is 0.255 e. The third-order valence-corrected chi connectivity index (χ3v) is 5.95. The van der Waals surface area contributed by atoms with Gasteiger partial charge in [0.25, 0.3) is 5.91 Å². The van der Waals surface area contributed by atoms with E-state index in [1.54, 1.807) is 19.1 Å². The van der Waals surface area contributed by atoms with Crippen LogP contribution >= 0.6 is 0 Å². The van der Waals surface area contributed by atoms with Crippen LogP contribution in [0, 0.1) is 5.92 Å². The molecule has 3 aliphatic rings. The number of nitrogens with zero attached hydrogens (tertiary/aromatic N) is 2. The predicted molar refractivity (Wildman–Crippen MR) is 101 cm³/mol. The molecule has 150 valence electrons. The fourth-order valence-electron chi connectivity index (χ4n) is 4.48. The average Bonchev–Trinajstić information content (AvgIpc) is 3.28. The molecule has 2 saturated heterocycles. The number of benzene rings is 1. The number of methoxy groups -OCH3 is 2. The molecule has 0 saturated carbocycles. The van der Waals surface area contributed by atoms with Crippen LogP contribution in [-0.2, 0) is 25.6 Å². The van der Waals surface area contributed by atoms with E-state index in [4.69, 9.17) is 9.47 Å². The van der Waals surface area contributed by atoms with E-state index in [2.05, 4.69) is 10.2 Å². The number of ether oxygens (including phenoxy) is 2. The van der Waals surface area contributed by atoms with Crippen molar-refractivity contribution in [3.63, 3.8) is 0 Å². The summed E-state index contributed by atoms with van der Waals surface area (Å²) < 4.78 is 10.8. The molecule has 8 nitrogen and oxygen atoms in total. The number of hydrogen-bond acceptors (Lipinski definition) is 6. The second-order valence-corrected chi connectivity index (χ2v) is 7.58. The number of anilines is 1. The van der Waals surface area contributed by atoms with Crippen LogP contribution in [-0.4, -0.2) is 62.3 Å². The van der Waals surface area contributed by atoms with Crippen LogP contribution in [0.3, 0.4) is 0 Å². The highest BCUT2D eigenvalue weighted by Crippen LogP contribution is 2.33. The van der Waals surface area contributed by atoms with Gasteiger partial charge < -0.3 is 19.3 Å². The van der Waals surface area contributed by atoms with Crippen LogP contribution in [0.1, 0.15) is 35.2 Å². The highest BCUT2D eigenvalue weighted by Gasteiger charge is 2.39. The first kappa shape index (κ1) is 18.9. The van der Waals surface area contributed by atoms with Gasteiger partial charge in [-0.25, -0.2) is 0 Å². The molecule has 8 heteroatoms. The van der Waals surface area contributed by atoms with Gasteiger partial charge in [-0.3, -0.25) is 19.7 Å². The summed E-state index contributed by atoms with van der Waals surface area (Å²) in [5, 5.41) is 2.33. The van der Waals surface area contributed by atoms with Gasteiger partial charge in [0.15, 0.2) is 6.29 Å². The maximum absolute atomic E-state index is 12.8. The van der Waals surface area contributed by atoms with E-state index in [1.165, 1.54) is 0 Å².